The first kappa shape index (κ1) is 15.1. The van der Waals surface area contributed by atoms with Crippen LogP contribution in [-0.4, -0.2) is 25.0 Å². The van der Waals surface area contributed by atoms with Crippen LogP contribution < -0.4 is 4.74 Å². The van der Waals surface area contributed by atoms with Crippen molar-refractivity contribution in [1.82, 2.24) is 0 Å². The van der Waals surface area contributed by atoms with Gasteiger partial charge in [-0.1, -0.05) is 12.1 Å². The number of hydrogen-bond donors (Lipinski definition) is 0. The van der Waals surface area contributed by atoms with Crippen molar-refractivity contribution in [2.45, 2.75) is 50.9 Å². The molecule has 2 aliphatic rings. The van der Waals surface area contributed by atoms with Gasteiger partial charge in [-0.3, -0.25) is 0 Å². The van der Waals surface area contributed by atoms with E-state index in [1.807, 2.05) is 24.3 Å². The lowest BCUT2D eigenvalue weighted by Gasteiger charge is -2.12. The molecule has 0 radical (unpaired) electrons. The Morgan fingerprint density at radius 2 is 1.86 bits per heavy atom. The zero-order valence-electron chi connectivity index (χ0n) is 12.7. The quantitative estimate of drug-likeness (QED) is 0.614. The molecule has 3 rings (SSSR count). The van der Waals surface area contributed by atoms with Crippen molar-refractivity contribution in [3.05, 3.63) is 35.9 Å². The average molecular weight is 302 g/mol. The van der Waals surface area contributed by atoms with Crippen LogP contribution in [0.2, 0.25) is 0 Å². The number of ether oxygens (including phenoxy) is 3. The lowest BCUT2D eigenvalue weighted by molar-refractivity contribution is -0.142. The Morgan fingerprint density at radius 3 is 2.55 bits per heavy atom. The minimum absolute atomic E-state index is 0.110. The number of carbonyl (C=O) groups is 1. The smallest absolute Gasteiger partial charge is 0.331 e. The second-order valence-corrected chi connectivity index (χ2v) is 5.81. The summed E-state index contributed by atoms with van der Waals surface area (Å²) in [6.45, 7) is 0.772. The summed E-state index contributed by atoms with van der Waals surface area (Å²) in [6, 6.07) is 7.63. The van der Waals surface area contributed by atoms with E-state index in [0.29, 0.717) is 0 Å². The molecule has 1 heterocycles. The summed E-state index contributed by atoms with van der Waals surface area (Å²) in [5, 5.41) is 0. The zero-order chi connectivity index (χ0) is 15.2. The molecule has 1 saturated heterocycles. The Bertz CT molecular complexity index is 508. The predicted molar refractivity (Wildman–Crippen MR) is 83.4 cm³/mol. The van der Waals surface area contributed by atoms with Gasteiger partial charge in [-0.25, -0.2) is 4.79 Å². The van der Waals surface area contributed by atoms with E-state index in [4.69, 9.17) is 14.2 Å². The lowest BCUT2D eigenvalue weighted by Crippen LogP contribution is -2.13. The van der Waals surface area contributed by atoms with Crippen LogP contribution in [0.15, 0.2) is 30.3 Å². The summed E-state index contributed by atoms with van der Waals surface area (Å²) in [4.78, 5) is 11.7. The maximum absolute atomic E-state index is 11.7. The summed E-state index contributed by atoms with van der Waals surface area (Å²) in [5.74, 6) is 0.532. The number of carbonyl (C=O) groups excluding carboxylic acids is 1. The molecule has 1 aliphatic heterocycles. The molecule has 1 aromatic carbocycles. The van der Waals surface area contributed by atoms with Crippen LogP contribution in [0.25, 0.3) is 6.08 Å². The Morgan fingerprint density at radius 1 is 1.09 bits per heavy atom. The highest BCUT2D eigenvalue weighted by Gasteiger charge is 2.18. The molecule has 1 saturated carbocycles. The SMILES string of the molecule is O=C(/C=C/c1ccc(OC2CCCO2)cc1)OC1CCCC1. The molecular formula is C18H22O4. The summed E-state index contributed by atoms with van der Waals surface area (Å²) < 4.78 is 16.5. The van der Waals surface area contributed by atoms with Gasteiger partial charge in [-0.15, -0.1) is 0 Å². The lowest BCUT2D eigenvalue weighted by atomic mass is 10.2. The molecule has 0 aromatic heterocycles. The van der Waals surface area contributed by atoms with Crippen molar-refractivity contribution in [2.24, 2.45) is 0 Å². The maximum Gasteiger partial charge on any atom is 0.331 e. The second-order valence-electron chi connectivity index (χ2n) is 5.81. The van der Waals surface area contributed by atoms with Gasteiger partial charge in [0.25, 0.3) is 0 Å². The Kier molecular flexibility index (Phi) is 5.11. The van der Waals surface area contributed by atoms with E-state index in [-0.39, 0.29) is 18.4 Å². The topological polar surface area (TPSA) is 44.8 Å². The summed E-state index contributed by atoms with van der Waals surface area (Å²) >= 11 is 0. The van der Waals surface area contributed by atoms with Crippen LogP contribution >= 0.6 is 0 Å². The molecule has 2 fully saturated rings. The fraction of sp³-hybridized carbons (Fsp3) is 0.500. The van der Waals surface area contributed by atoms with Crippen molar-refractivity contribution in [3.8, 4) is 5.75 Å². The molecule has 0 bridgehead atoms. The Balaban J connectivity index is 1.49. The monoisotopic (exact) mass is 302 g/mol. The van der Waals surface area contributed by atoms with Crippen LogP contribution in [0.1, 0.15) is 44.1 Å². The summed E-state index contributed by atoms with van der Waals surface area (Å²) in [5.41, 5.74) is 0.947. The van der Waals surface area contributed by atoms with Gasteiger partial charge in [-0.2, -0.15) is 0 Å². The third kappa shape index (κ3) is 4.34. The first-order valence-electron chi connectivity index (χ1n) is 8.06. The normalized spacial score (nSPS) is 22.3. The molecule has 118 valence electrons. The molecule has 22 heavy (non-hydrogen) atoms. The van der Waals surface area contributed by atoms with E-state index < -0.39 is 0 Å². The van der Waals surface area contributed by atoms with E-state index in [0.717, 1.165) is 56.4 Å². The van der Waals surface area contributed by atoms with Crippen LogP contribution in [0.3, 0.4) is 0 Å². The first-order chi connectivity index (χ1) is 10.8. The fourth-order valence-corrected chi connectivity index (χ4v) is 2.82. The van der Waals surface area contributed by atoms with Gasteiger partial charge in [0, 0.05) is 12.5 Å². The van der Waals surface area contributed by atoms with E-state index in [9.17, 15) is 4.79 Å². The van der Waals surface area contributed by atoms with Gasteiger partial charge in [0.1, 0.15) is 11.9 Å². The Labute approximate surface area is 131 Å². The zero-order valence-corrected chi connectivity index (χ0v) is 12.7. The van der Waals surface area contributed by atoms with Gasteiger partial charge in [-0.05, 0) is 55.9 Å². The van der Waals surface area contributed by atoms with Crippen LogP contribution in [0, 0.1) is 0 Å². The van der Waals surface area contributed by atoms with E-state index in [2.05, 4.69) is 0 Å². The van der Waals surface area contributed by atoms with Gasteiger partial charge < -0.3 is 14.2 Å². The average Bonchev–Trinajstić information content (AvgIpc) is 3.20. The Hall–Kier alpha value is -1.81. The van der Waals surface area contributed by atoms with Crippen LogP contribution in [-0.2, 0) is 14.3 Å². The highest BCUT2D eigenvalue weighted by atomic mass is 16.7. The predicted octanol–water partition coefficient (Wildman–Crippen LogP) is 3.70. The second kappa shape index (κ2) is 7.45. The van der Waals surface area contributed by atoms with E-state index in [1.54, 1.807) is 6.08 Å². The molecule has 0 amide bonds. The molecular weight excluding hydrogens is 280 g/mol. The van der Waals surface area contributed by atoms with Crippen LogP contribution in [0.5, 0.6) is 5.75 Å². The van der Waals surface area contributed by atoms with Crippen LogP contribution in [0.4, 0.5) is 0 Å². The number of hydrogen-bond acceptors (Lipinski definition) is 4. The number of esters is 1. The number of rotatable bonds is 5. The minimum atomic E-state index is -0.258. The van der Waals surface area contributed by atoms with Crippen molar-refractivity contribution in [2.75, 3.05) is 6.61 Å². The standard InChI is InChI=1S/C18H22O4/c19-17(21-15-4-1-2-5-15)12-9-14-7-10-16(11-8-14)22-18-6-3-13-20-18/h7-12,15,18H,1-6,13H2/b12-9+. The van der Waals surface area contributed by atoms with E-state index in [1.165, 1.54) is 6.08 Å². The maximum atomic E-state index is 11.7. The molecule has 1 atom stereocenters. The van der Waals surface area contributed by atoms with Gasteiger partial charge in [0.05, 0.1) is 6.61 Å². The molecule has 0 spiro atoms. The van der Waals surface area contributed by atoms with Crippen molar-refractivity contribution >= 4 is 12.0 Å². The van der Waals surface area contributed by atoms with Crippen molar-refractivity contribution < 1.29 is 19.0 Å². The number of benzene rings is 1. The van der Waals surface area contributed by atoms with Gasteiger partial charge in [0.15, 0.2) is 6.29 Å². The highest BCUT2D eigenvalue weighted by molar-refractivity contribution is 5.87. The van der Waals surface area contributed by atoms with Gasteiger partial charge >= 0.3 is 5.97 Å². The third-order valence-electron chi connectivity index (χ3n) is 4.03. The highest BCUT2D eigenvalue weighted by Crippen LogP contribution is 2.22. The third-order valence-corrected chi connectivity index (χ3v) is 4.03. The molecule has 0 N–H and O–H groups in total. The molecule has 4 nitrogen and oxygen atoms in total. The largest absolute Gasteiger partial charge is 0.465 e. The molecule has 1 unspecified atom stereocenters. The van der Waals surface area contributed by atoms with E-state index >= 15 is 0 Å². The fourth-order valence-electron chi connectivity index (χ4n) is 2.82. The minimum Gasteiger partial charge on any atom is -0.465 e. The summed E-state index contributed by atoms with van der Waals surface area (Å²) in [7, 11) is 0. The van der Waals surface area contributed by atoms with Crippen molar-refractivity contribution in [3.63, 3.8) is 0 Å². The first-order valence-corrected chi connectivity index (χ1v) is 8.06. The molecule has 1 aliphatic carbocycles. The molecule has 1 aromatic rings. The van der Waals surface area contributed by atoms with Gasteiger partial charge in [0.2, 0.25) is 0 Å². The summed E-state index contributed by atoms with van der Waals surface area (Å²) in [6.07, 6.45) is 9.55. The van der Waals surface area contributed by atoms with Crippen molar-refractivity contribution in [1.29, 1.82) is 0 Å². The molecule has 4 heteroatoms.